The van der Waals surface area contributed by atoms with Gasteiger partial charge in [0.2, 0.25) is 11.7 Å². The third-order valence-corrected chi connectivity index (χ3v) is 7.60. The number of benzene rings is 1. The molecule has 2 aromatic heterocycles. The Balaban J connectivity index is 1.58. The number of amides is 1. The highest BCUT2D eigenvalue weighted by Gasteiger charge is 2.34. The normalized spacial score (nSPS) is 18.1. The highest BCUT2D eigenvalue weighted by molar-refractivity contribution is 6.31. The standard InChI is InChI=1S/C27H31ClF3N7O3/c1-4-21-23(36-8-7-32-16(3)13-36)25(40)38-26(34-24(35-38)17-5-9-41-10-6-17)37(21)14-22(39)33-20-12-19(28)18(11-15(20)2)27(29,30)31/h5,11-12,16,32H,4,6-10,13-14H2,1-3H3,(H,33,39)/t16-/m1/s1. The van der Waals surface area contributed by atoms with E-state index in [1.54, 1.807) is 4.57 Å². The Kier molecular flexibility index (Phi) is 8.13. The van der Waals surface area contributed by atoms with Crippen LogP contribution in [0.25, 0.3) is 11.4 Å². The fourth-order valence-corrected chi connectivity index (χ4v) is 5.57. The second-order valence-corrected chi connectivity index (χ2v) is 10.6. The number of anilines is 2. The topological polar surface area (TPSA) is 106 Å². The summed E-state index contributed by atoms with van der Waals surface area (Å²) in [5.74, 6) is 0.0786. The van der Waals surface area contributed by atoms with E-state index >= 15 is 0 Å². The average molecular weight is 594 g/mol. The lowest BCUT2D eigenvalue weighted by atomic mass is 10.1. The molecule has 0 unspecified atom stereocenters. The molecule has 10 nitrogen and oxygen atoms in total. The molecule has 1 aromatic carbocycles. The Morgan fingerprint density at radius 3 is 2.76 bits per heavy atom. The van der Waals surface area contributed by atoms with E-state index in [0.29, 0.717) is 62.9 Å². The summed E-state index contributed by atoms with van der Waals surface area (Å²) in [5.41, 5.74) is 0.996. The Bertz CT molecular complexity index is 1580. The van der Waals surface area contributed by atoms with Crippen molar-refractivity contribution in [2.45, 2.75) is 52.4 Å². The number of piperazine rings is 1. The van der Waals surface area contributed by atoms with Crippen molar-refractivity contribution >= 4 is 40.2 Å². The lowest BCUT2D eigenvalue weighted by molar-refractivity contribution is -0.137. The summed E-state index contributed by atoms with van der Waals surface area (Å²) in [5, 5.41) is 10.1. The maximum atomic E-state index is 13.9. The minimum atomic E-state index is -4.62. The molecule has 5 rings (SSSR count). The molecular weight excluding hydrogens is 563 g/mol. The van der Waals surface area contributed by atoms with Crippen LogP contribution in [-0.2, 0) is 28.7 Å². The van der Waals surface area contributed by atoms with Gasteiger partial charge in [-0.2, -0.15) is 22.7 Å². The minimum absolute atomic E-state index is 0.145. The quantitative estimate of drug-likeness (QED) is 0.449. The van der Waals surface area contributed by atoms with Crippen molar-refractivity contribution in [2.24, 2.45) is 0 Å². The Morgan fingerprint density at radius 1 is 1.32 bits per heavy atom. The van der Waals surface area contributed by atoms with E-state index in [2.05, 4.69) is 20.7 Å². The molecule has 0 bridgehead atoms. The van der Waals surface area contributed by atoms with Gasteiger partial charge in [-0.05, 0) is 50.0 Å². The van der Waals surface area contributed by atoms with Crippen LogP contribution in [-0.4, -0.2) is 64.0 Å². The van der Waals surface area contributed by atoms with Crippen LogP contribution in [0.15, 0.2) is 23.0 Å². The van der Waals surface area contributed by atoms with Crippen LogP contribution in [0.5, 0.6) is 0 Å². The molecule has 0 radical (unpaired) electrons. The number of carbonyl (C=O) groups is 1. The first kappa shape index (κ1) is 29.1. The summed E-state index contributed by atoms with van der Waals surface area (Å²) in [4.78, 5) is 33.9. The summed E-state index contributed by atoms with van der Waals surface area (Å²) >= 11 is 5.91. The molecule has 1 fully saturated rings. The zero-order valence-corrected chi connectivity index (χ0v) is 23.7. The van der Waals surface area contributed by atoms with Gasteiger partial charge in [0, 0.05) is 31.4 Å². The first-order chi connectivity index (χ1) is 19.5. The van der Waals surface area contributed by atoms with Crippen molar-refractivity contribution in [3.8, 4) is 0 Å². The summed E-state index contributed by atoms with van der Waals surface area (Å²) in [7, 11) is 0. The lowest BCUT2D eigenvalue weighted by Gasteiger charge is -2.34. The zero-order chi connectivity index (χ0) is 29.5. The molecule has 41 heavy (non-hydrogen) atoms. The first-order valence-electron chi connectivity index (χ1n) is 13.4. The third kappa shape index (κ3) is 5.84. The van der Waals surface area contributed by atoms with Gasteiger partial charge >= 0.3 is 6.18 Å². The fourth-order valence-electron chi connectivity index (χ4n) is 5.30. The highest BCUT2D eigenvalue weighted by Crippen LogP contribution is 2.37. The Morgan fingerprint density at radius 2 is 2.10 bits per heavy atom. The number of rotatable bonds is 6. The van der Waals surface area contributed by atoms with Crippen molar-refractivity contribution in [1.82, 2.24) is 24.5 Å². The van der Waals surface area contributed by atoms with Gasteiger partial charge in [-0.25, -0.2) is 0 Å². The summed E-state index contributed by atoms with van der Waals surface area (Å²) in [6, 6.07) is 2.15. The molecule has 220 valence electrons. The number of nitrogens with zero attached hydrogens (tertiary/aromatic N) is 5. The molecule has 4 heterocycles. The van der Waals surface area contributed by atoms with Gasteiger partial charge < -0.3 is 24.8 Å². The van der Waals surface area contributed by atoms with E-state index in [4.69, 9.17) is 16.3 Å². The molecule has 0 aliphatic carbocycles. The number of ether oxygens (including phenoxy) is 1. The smallest absolute Gasteiger partial charge is 0.377 e. The second-order valence-electron chi connectivity index (χ2n) is 10.2. The number of fused-ring (bicyclic) bond motifs is 1. The Hall–Kier alpha value is -3.42. The van der Waals surface area contributed by atoms with Crippen LogP contribution in [0.2, 0.25) is 5.02 Å². The third-order valence-electron chi connectivity index (χ3n) is 7.29. The van der Waals surface area contributed by atoms with Gasteiger partial charge in [-0.3, -0.25) is 9.59 Å². The van der Waals surface area contributed by atoms with Crippen LogP contribution >= 0.6 is 11.6 Å². The van der Waals surface area contributed by atoms with E-state index in [1.165, 1.54) is 11.4 Å². The van der Waals surface area contributed by atoms with Gasteiger partial charge in [0.1, 0.15) is 12.2 Å². The van der Waals surface area contributed by atoms with Crippen LogP contribution in [0.3, 0.4) is 0 Å². The monoisotopic (exact) mass is 593 g/mol. The van der Waals surface area contributed by atoms with E-state index in [-0.39, 0.29) is 35.2 Å². The second kappa shape index (κ2) is 11.5. The molecule has 0 saturated carbocycles. The summed E-state index contributed by atoms with van der Waals surface area (Å²) < 4.78 is 48.2. The molecule has 1 saturated heterocycles. The molecule has 1 atom stereocenters. The summed E-state index contributed by atoms with van der Waals surface area (Å²) in [6.45, 7) is 7.94. The Labute approximate surface area is 239 Å². The molecule has 0 spiro atoms. The van der Waals surface area contributed by atoms with Crippen molar-refractivity contribution in [2.75, 3.05) is 43.1 Å². The van der Waals surface area contributed by atoms with Gasteiger partial charge in [0.05, 0.1) is 29.5 Å². The van der Waals surface area contributed by atoms with Crippen molar-refractivity contribution in [3.63, 3.8) is 0 Å². The van der Waals surface area contributed by atoms with E-state index in [9.17, 15) is 22.8 Å². The summed E-state index contributed by atoms with van der Waals surface area (Å²) in [6.07, 6.45) is -1.74. The maximum Gasteiger partial charge on any atom is 0.417 e. The van der Waals surface area contributed by atoms with Crippen LogP contribution in [0.1, 0.15) is 42.9 Å². The number of hydrogen-bond acceptors (Lipinski definition) is 7. The molecule has 3 aromatic rings. The molecule has 2 N–H and O–H groups in total. The number of aromatic nitrogens is 4. The number of halogens is 4. The van der Waals surface area contributed by atoms with Gasteiger partial charge in [0.25, 0.3) is 5.56 Å². The van der Waals surface area contributed by atoms with Crippen LogP contribution in [0, 0.1) is 6.92 Å². The molecule has 2 aliphatic rings. The van der Waals surface area contributed by atoms with Gasteiger partial charge in [-0.15, -0.1) is 5.10 Å². The lowest BCUT2D eigenvalue weighted by Crippen LogP contribution is -2.51. The maximum absolute atomic E-state index is 13.9. The average Bonchev–Trinajstić information content (AvgIpc) is 3.38. The molecule has 1 amide bonds. The SMILES string of the molecule is CCc1c(N2CCN[C@H](C)C2)c(=O)n2nc(C3=CCOCC3)nc2n1CC(=O)Nc1cc(Cl)c(C(F)(F)F)cc1C. The number of aryl methyl sites for hydroxylation is 1. The van der Waals surface area contributed by atoms with E-state index < -0.39 is 22.7 Å². The predicted molar refractivity (Wildman–Crippen MR) is 150 cm³/mol. The highest BCUT2D eigenvalue weighted by atomic mass is 35.5. The van der Waals surface area contributed by atoms with Crippen molar-refractivity contribution in [3.05, 3.63) is 56.2 Å². The van der Waals surface area contributed by atoms with Crippen molar-refractivity contribution < 1.29 is 22.7 Å². The van der Waals surface area contributed by atoms with Gasteiger partial charge in [-0.1, -0.05) is 24.6 Å². The number of carbonyl (C=O) groups excluding carboxylic acids is 1. The fraction of sp³-hybridized carbons (Fsp3) is 0.481. The largest absolute Gasteiger partial charge is 0.417 e. The van der Waals surface area contributed by atoms with E-state index in [0.717, 1.165) is 17.7 Å². The molecule has 2 aliphatic heterocycles. The van der Waals surface area contributed by atoms with Crippen molar-refractivity contribution in [1.29, 1.82) is 0 Å². The van der Waals surface area contributed by atoms with Crippen LogP contribution < -0.4 is 21.1 Å². The van der Waals surface area contributed by atoms with Gasteiger partial charge in [0.15, 0.2) is 5.82 Å². The minimum Gasteiger partial charge on any atom is -0.377 e. The number of hydrogen-bond donors (Lipinski definition) is 2. The number of alkyl halides is 3. The molecule has 14 heteroatoms. The number of nitrogens with one attached hydrogen (secondary N) is 2. The predicted octanol–water partition coefficient (Wildman–Crippen LogP) is 3.67. The van der Waals surface area contributed by atoms with Crippen LogP contribution in [0.4, 0.5) is 24.5 Å². The van der Waals surface area contributed by atoms with E-state index in [1.807, 2.05) is 24.8 Å². The molecular formula is C27H31ClF3N7O3. The first-order valence-corrected chi connectivity index (χ1v) is 13.8. The zero-order valence-electron chi connectivity index (χ0n) is 22.9.